The van der Waals surface area contributed by atoms with Crippen LogP contribution in [0.15, 0.2) is 24.3 Å². The Morgan fingerprint density at radius 3 is 3.18 bits per heavy atom. The molecule has 0 aliphatic heterocycles. The Morgan fingerprint density at radius 1 is 1.64 bits per heavy atom. The second-order valence-electron chi connectivity index (χ2n) is 1.80. The van der Waals surface area contributed by atoms with Gasteiger partial charge in [0.25, 0.3) is 0 Å². The topological polar surface area (TPSA) is 9.23 Å². The van der Waals surface area contributed by atoms with Gasteiger partial charge in [-0.2, -0.15) is 0 Å². The number of hydrogen-bond acceptors (Lipinski definition) is 1. The minimum Gasteiger partial charge on any atom is -0.481 e. The van der Waals surface area contributed by atoms with E-state index in [1.807, 2.05) is 12.1 Å². The monoisotopic (exact) mass is 165 g/mol. The van der Waals surface area contributed by atoms with Gasteiger partial charge >= 0.3 is 0 Å². The second kappa shape index (κ2) is 4.65. The standard InChI is InChI=1S/C9H6ClO/c10-7-4-8-11-9-5-2-1-3-6-9/h1-2,5-6H,8H2. The fraction of sp³-hybridized carbons (Fsp3) is 0.111. The Bertz CT molecular complexity index is 258. The maximum Gasteiger partial charge on any atom is 0.150 e. The first-order valence-electron chi connectivity index (χ1n) is 3.11. The van der Waals surface area contributed by atoms with Crippen LogP contribution in [0.2, 0.25) is 0 Å². The first-order valence-corrected chi connectivity index (χ1v) is 3.48. The fourth-order valence-electron chi connectivity index (χ4n) is 0.613. The molecule has 0 N–H and O–H groups in total. The lowest BCUT2D eigenvalue weighted by molar-refractivity contribution is 0.370. The van der Waals surface area contributed by atoms with Crippen LogP contribution in [-0.4, -0.2) is 6.61 Å². The zero-order valence-corrected chi connectivity index (χ0v) is 6.56. The van der Waals surface area contributed by atoms with Gasteiger partial charge < -0.3 is 4.74 Å². The van der Waals surface area contributed by atoms with E-state index in [-0.39, 0.29) is 0 Å². The van der Waals surface area contributed by atoms with Gasteiger partial charge in [-0.25, -0.2) is 0 Å². The molecule has 0 saturated carbocycles. The average Bonchev–Trinajstić information content (AvgIpc) is 2.07. The summed E-state index contributed by atoms with van der Waals surface area (Å²) in [5.74, 6) is 3.33. The maximum absolute atomic E-state index is 5.16. The Balaban J connectivity index is 2.43. The molecule has 0 fully saturated rings. The molecule has 0 spiro atoms. The molecular formula is C9H6ClO. The van der Waals surface area contributed by atoms with E-state index in [4.69, 9.17) is 16.3 Å². The molecule has 11 heavy (non-hydrogen) atoms. The van der Waals surface area contributed by atoms with Gasteiger partial charge in [0.2, 0.25) is 0 Å². The summed E-state index contributed by atoms with van der Waals surface area (Å²) < 4.78 is 5.16. The third kappa shape index (κ3) is 2.97. The summed E-state index contributed by atoms with van der Waals surface area (Å²) >= 11 is 5.12. The van der Waals surface area contributed by atoms with Crippen molar-refractivity contribution in [1.82, 2.24) is 0 Å². The first-order chi connectivity index (χ1) is 5.43. The molecule has 2 heteroatoms. The van der Waals surface area contributed by atoms with Crippen LogP contribution in [0.5, 0.6) is 5.75 Å². The van der Waals surface area contributed by atoms with Crippen LogP contribution in [-0.2, 0) is 0 Å². The van der Waals surface area contributed by atoms with Crippen LogP contribution in [0.3, 0.4) is 0 Å². The molecule has 0 saturated heterocycles. The highest BCUT2D eigenvalue weighted by molar-refractivity contribution is 6.30. The summed E-state index contributed by atoms with van der Waals surface area (Å²) in [5, 5.41) is 2.22. The lowest BCUT2D eigenvalue weighted by atomic mass is 10.3. The van der Waals surface area contributed by atoms with E-state index in [9.17, 15) is 0 Å². The van der Waals surface area contributed by atoms with Crippen LogP contribution >= 0.6 is 11.6 Å². The normalized spacial score (nSPS) is 8.09. The molecule has 1 rings (SSSR count). The summed E-state index contributed by atoms with van der Waals surface area (Å²) in [7, 11) is 0. The highest BCUT2D eigenvalue weighted by Crippen LogP contribution is 2.06. The summed E-state index contributed by atoms with van der Waals surface area (Å²) in [6.07, 6.45) is 0. The van der Waals surface area contributed by atoms with Gasteiger partial charge in [-0.05, 0) is 35.7 Å². The SMILES string of the molecule is ClC#CCOc1c[c]ccc1. The lowest BCUT2D eigenvalue weighted by Crippen LogP contribution is -1.92. The smallest absolute Gasteiger partial charge is 0.150 e. The van der Waals surface area contributed by atoms with E-state index in [2.05, 4.69) is 17.4 Å². The molecule has 0 aliphatic carbocycles. The molecular weight excluding hydrogens is 160 g/mol. The number of benzene rings is 1. The van der Waals surface area contributed by atoms with Gasteiger partial charge in [-0.15, -0.1) is 0 Å². The van der Waals surface area contributed by atoms with Crippen molar-refractivity contribution in [3.8, 4) is 17.0 Å². The quantitative estimate of drug-likeness (QED) is 0.610. The summed E-state index contributed by atoms with van der Waals surface area (Å²) in [6.45, 7) is 0.321. The van der Waals surface area contributed by atoms with Crippen LogP contribution in [0.4, 0.5) is 0 Å². The van der Waals surface area contributed by atoms with E-state index in [0.717, 1.165) is 5.75 Å². The molecule has 0 amide bonds. The number of rotatable bonds is 2. The summed E-state index contributed by atoms with van der Waals surface area (Å²) in [5.41, 5.74) is 0. The van der Waals surface area contributed by atoms with Crippen LogP contribution in [0, 0.1) is 17.4 Å². The van der Waals surface area contributed by atoms with Crippen molar-refractivity contribution in [2.45, 2.75) is 0 Å². The van der Waals surface area contributed by atoms with Gasteiger partial charge in [0.15, 0.2) is 0 Å². The molecule has 1 radical (unpaired) electrons. The van der Waals surface area contributed by atoms with Crippen molar-refractivity contribution in [3.05, 3.63) is 30.3 Å². The molecule has 0 atom stereocenters. The summed E-state index contributed by atoms with van der Waals surface area (Å²) in [4.78, 5) is 0. The van der Waals surface area contributed by atoms with Crippen molar-refractivity contribution in [1.29, 1.82) is 0 Å². The predicted octanol–water partition coefficient (Wildman–Crippen LogP) is 2.07. The summed E-state index contributed by atoms with van der Waals surface area (Å²) in [6, 6.07) is 10.1. The predicted molar refractivity (Wildman–Crippen MR) is 44.4 cm³/mol. The Labute approximate surface area is 70.9 Å². The Morgan fingerprint density at radius 2 is 2.55 bits per heavy atom. The van der Waals surface area contributed by atoms with Gasteiger partial charge in [0.05, 0.1) is 0 Å². The zero-order valence-electron chi connectivity index (χ0n) is 5.80. The van der Waals surface area contributed by atoms with Crippen molar-refractivity contribution >= 4 is 11.6 Å². The van der Waals surface area contributed by atoms with E-state index in [1.54, 1.807) is 12.1 Å². The molecule has 0 aromatic heterocycles. The molecule has 1 aromatic carbocycles. The number of ether oxygens (including phenoxy) is 1. The molecule has 1 nitrogen and oxygen atoms in total. The molecule has 55 valence electrons. The van der Waals surface area contributed by atoms with Gasteiger partial charge in [0, 0.05) is 5.38 Å². The third-order valence-electron chi connectivity index (χ3n) is 1.06. The van der Waals surface area contributed by atoms with Gasteiger partial charge in [-0.1, -0.05) is 12.1 Å². The van der Waals surface area contributed by atoms with Crippen molar-refractivity contribution in [2.24, 2.45) is 0 Å². The second-order valence-corrected chi connectivity index (χ2v) is 1.99. The molecule has 0 unspecified atom stereocenters. The van der Waals surface area contributed by atoms with E-state index in [1.165, 1.54) is 0 Å². The van der Waals surface area contributed by atoms with E-state index >= 15 is 0 Å². The lowest BCUT2D eigenvalue weighted by Gasteiger charge is -1.98. The largest absolute Gasteiger partial charge is 0.481 e. The van der Waals surface area contributed by atoms with Crippen molar-refractivity contribution in [2.75, 3.05) is 6.61 Å². The molecule has 0 bridgehead atoms. The molecule has 0 heterocycles. The van der Waals surface area contributed by atoms with Crippen molar-refractivity contribution < 1.29 is 4.74 Å². The number of halogens is 1. The molecule has 0 aliphatic rings. The minimum atomic E-state index is 0.321. The first kappa shape index (κ1) is 7.97. The Kier molecular flexibility index (Phi) is 3.37. The fourth-order valence-corrected chi connectivity index (χ4v) is 0.668. The van der Waals surface area contributed by atoms with Gasteiger partial charge in [0.1, 0.15) is 12.4 Å². The van der Waals surface area contributed by atoms with Crippen molar-refractivity contribution in [3.63, 3.8) is 0 Å². The Hall–Kier alpha value is -1.13. The van der Waals surface area contributed by atoms with Crippen LogP contribution in [0.25, 0.3) is 0 Å². The van der Waals surface area contributed by atoms with Crippen LogP contribution in [0.1, 0.15) is 0 Å². The maximum atomic E-state index is 5.16. The van der Waals surface area contributed by atoms with E-state index < -0.39 is 0 Å². The zero-order chi connectivity index (χ0) is 7.94. The molecule has 1 aromatic rings. The number of hydrogen-bond donors (Lipinski definition) is 0. The highest BCUT2D eigenvalue weighted by atomic mass is 35.5. The van der Waals surface area contributed by atoms with E-state index in [0.29, 0.717) is 6.61 Å². The minimum absolute atomic E-state index is 0.321. The highest BCUT2D eigenvalue weighted by Gasteiger charge is 1.86. The average molecular weight is 166 g/mol. The van der Waals surface area contributed by atoms with Crippen LogP contribution < -0.4 is 4.74 Å². The van der Waals surface area contributed by atoms with Gasteiger partial charge in [-0.3, -0.25) is 0 Å². The third-order valence-corrected chi connectivity index (χ3v) is 1.19.